The van der Waals surface area contributed by atoms with E-state index in [0.29, 0.717) is 29.2 Å². The average Bonchev–Trinajstić information content (AvgIpc) is 2.60. The third-order valence-electron chi connectivity index (χ3n) is 3.25. The summed E-state index contributed by atoms with van der Waals surface area (Å²) in [6, 6.07) is 12.7. The van der Waals surface area contributed by atoms with Crippen molar-refractivity contribution in [3.05, 3.63) is 69.8 Å². The highest BCUT2D eigenvalue weighted by atomic mass is 16.6. The predicted molar refractivity (Wildman–Crippen MR) is 90.4 cm³/mol. The van der Waals surface area contributed by atoms with Gasteiger partial charge < -0.3 is 4.74 Å². The van der Waals surface area contributed by atoms with E-state index in [1.165, 1.54) is 12.1 Å². The minimum Gasteiger partial charge on any atom is -0.494 e. The molecule has 0 radical (unpaired) electrons. The van der Waals surface area contributed by atoms with Crippen molar-refractivity contribution in [2.45, 2.75) is 13.8 Å². The number of amides is 1. The largest absolute Gasteiger partial charge is 0.494 e. The molecule has 2 rings (SSSR count). The maximum Gasteiger partial charge on any atom is 0.271 e. The number of rotatable bonds is 6. The molecule has 0 heterocycles. The van der Waals surface area contributed by atoms with Crippen LogP contribution in [0.25, 0.3) is 0 Å². The van der Waals surface area contributed by atoms with Crippen molar-refractivity contribution in [1.29, 1.82) is 0 Å². The van der Waals surface area contributed by atoms with Crippen LogP contribution in [-0.2, 0) is 0 Å². The molecule has 0 saturated heterocycles. The number of non-ortho nitro benzene ring substituents is 1. The van der Waals surface area contributed by atoms with Crippen molar-refractivity contribution >= 4 is 17.3 Å². The average molecular weight is 327 g/mol. The van der Waals surface area contributed by atoms with Crippen molar-refractivity contribution in [3.63, 3.8) is 0 Å². The van der Waals surface area contributed by atoms with Crippen molar-refractivity contribution < 1.29 is 14.5 Å². The predicted octanol–water partition coefficient (Wildman–Crippen LogP) is 3.15. The molecule has 124 valence electrons. The number of carbonyl (C=O) groups excluding carboxylic acids is 1. The van der Waals surface area contributed by atoms with E-state index in [9.17, 15) is 14.9 Å². The van der Waals surface area contributed by atoms with Gasteiger partial charge in [-0.15, -0.1) is 0 Å². The third-order valence-corrected chi connectivity index (χ3v) is 3.25. The lowest BCUT2D eigenvalue weighted by molar-refractivity contribution is -0.384. The lowest BCUT2D eigenvalue weighted by Gasteiger charge is -2.05. The molecule has 1 amide bonds. The van der Waals surface area contributed by atoms with E-state index in [4.69, 9.17) is 4.74 Å². The van der Waals surface area contributed by atoms with Gasteiger partial charge in [-0.2, -0.15) is 5.10 Å². The standard InChI is InChI=1S/C17H17N3O4/c1-3-24-16-10-6-14(7-11-16)17(21)19-18-12(2)13-4-8-15(9-5-13)20(22)23/h4-11H,3H2,1-2H3,(H,19,21). The normalized spacial score (nSPS) is 11.0. The van der Waals surface area contributed by atoms with E-state index >= 15 is 0 Å². The molecule has 0 fully saturated rings. The number of nitrogens with zero attached hydrogens (tertiary/aromatic N) is 2. The number of nitro groups is 1. The molecule has 1 N–H and O–H groups in total. The number of carbonyl (C=O) groups is 1. The Balaban J connectivity index is 2.02. The molecule has 0 bridgehead atoms. The summed E-state index contributed by atoms with van der Waals surface area (Å²) in [6.45, 7) is 4.15. The fourth-order valence-electron chi connectivity index (χ4n) is 1.96. The molecular formula is C17H17N3O4. The lowest BCUT2D eigenvalue weighted by Crippen LogP contribution is -2.19. The molecule has 7 heteroatoms. The zero-order valence-corrected chi connectivity index (χ0v) is 13.4. The Kier molecular flexibility index (Phi) is 5.62. The van der Waals surface area contributed by atoms with Crippen LogP contribution in [-0.4, -0.2) is 23.1 Å². The van der Waals surface area contributed by atoms with Crippen LogP contribution in [0.5, 0.6) is 5.75 Å². The van der Waals surface area contributed by atoms with Gasteiger partial charge >= 0.3 is 0 Å². The Morgan fingerprint density at radius 3 is 2.25 bits per heavy atom. The summed E-state index contributed by atoms with van der Waals surface area (Å²) in [5.41, 5.74) is 4.16. The van der Waals surface area contributed by atoms with E-state index in [2.05, 4.69) is 10.5 Å². The molecule has 0 aliphatic carbocycles. The molecule has 0 saturated carbocycles. The van der Waals surface area contributed by atoms with Crippen LogP contribution in [0, 0.1) is 10.1 Å². The van der Waals surface area contributed by atoms with E-state index in [1.54, 1.807) is 43.3 Å². The Hall–Kier alpha value is -3.22. The number of nitro benzene ring substituents is 1. The minimum absolute atomic E-state index is 0.00461. The highest BCUT2D eigenvalue weighted by molar-refractivity contribution is 6.01. The van der Waals surface area contributed by atoms with Gasteiger partial charge in [-0.05, 0) is 55.8 Å². The van der Waals surface area contributed by atoms with Gasteiger partial charge in [-0.1, -0.05) is 0 Å². The van der Waals surface area contributed by atoms with Crippen LogP contribution >= 0.6 is 0 Å². The molecule has 2 aromatic carbocycles. The van der Waals surface area contributed by atoms with Gasteiger partial charge in [0.25, 0.3) is 11.6 Å². The molecular weight excluding hydrogens is 310 g/mol. The number of hydrogen-bond acceptors (Lipinski definition) is 5. The molecule has 0 atom stereocenters. The Bertz CT molecular complexity index is 752. The van der Waals surface area contributed by atoms with Gasteiger partial charge in [0.1, 0.15) is 5.75 Å². The first-order valence-corrected chi connectivity index (χ1v) is 7.33. The Morgan fingerprint density at radius 2 is 1.71 bits per heavy atom. The first kappa shape index (κ1) is 17.1. The number of hydrogen-bond donors (Lipinski definition) is 1. The van der Waals surface area contributed by atoms with Crippen molar-refractivity contribution in [1.82, 2.24) is 5.43 Å². The molecule has 0 aromatic heterocycles. The summed E-state index contributed by atoms with van der Waals surface area (Å²) in [7, 11) is 0. The number of nitrogens with one attached hydrogen (secondary N) is 1. The summed E-state index contributed by atoms with van der Waals surface area (Å²) in [5.74, 6) is 0.346. The smallest absolute Gasteiger partial charge is 0.271 e. The monoisotopic (exact) mass is 327 g/mol. The van der Waals surface area contributed by atoms with Crippen molar-refractivity contribution in [3.8, 4) is 5.75 Å². The van der Waals surface area contributed by atoms with Gasteiger partial charge in [0.2, 0.25) is 0 Å². The molecule has 24 heavy (non-hydrogen) atoms. The number of ether oxygens (including phenoxy) is 1. The summed E-state index contributed by atoms with van der Waals surface area (Å²) in [5, 5.41) is 14.6. The van der Waals surface area contributed by atoms with Crippen LogP contribution in [0.2, 0.25) is 0 Å². The van der Waals surface area contributed by atoms with Gasteiger partial charge in [0.15, 0.2) is 0 Å². The van der Waals surface area contributed by atoms with Crippen LogP contribution in [0.3, 0.4) is 0 Å². The van der Waals surface area contributed by atoms with E-state index in [1.807, 2.05) is 6.92 Å². The third kappa shape index (κ3) is 4.39. The summed E-state index contributed by atoms with van der Waals surface area (Å²) >= 11 is 0. The van der Waals surface area contributed by atoms with E-state index in [-0.39, 0.29) is 11.6 Å². The second-order valence-corrected chi connectivity index (χ2v) is 4.90. The SMILES string of the molecule is CCOc1ccc(C(=O)NN=C(C)c2ccc([N+](=O)[O-])cc2)cc1. The van der Waals surface area contributed by atoms with Gasteiger partial charge in [0, 0.05) is 17.7 Å². The Labute approximate surface area is 139 Å². The van der Waals surface area contributed by atoms with Crippen LogP contribution < -0.4 is 10.2 Å². The van der Waals surface area contributed by atoms with E-state index in [0.717, 1.165) is 0 Å². The Morgan fingerprint density at radius 1 is 1.12 bits per heavy atom. The van der Waals surface area contributed by atoms with Crippen LogP contribution in [0.1, 0.15) is 29.8 Å². The van der Waals surface area contributed by atoms with Crippen molar-refractivity contribution in [2.24, 2.45) is 5.10 Å². The topological polar surface area (TPSA) is 93.8 Å². The van der Waals surface area contributed by atoms with Crippen LogP contribution in [0.4, 0.5) is 5.69 Å². The summed E-state index contributed by atoms with van der Waals surface area (Å²) < 4.78 is 5.32. The molecule has 7 nitrogen and oxygen atoms in total. The second-order valence-electron chi connectivity index (χ2n) is 4.90. The summed E-state index contributed by atoms with van der Waals surface area (Å²) in [4.78, 5) is 22.2. The first-order valence-electron chi connectivity index (χ1n) is 7.33. The zero-order chi connectivity index (χ0) is 17.5. The van der Waals surface area contributed by atoms with Gasteiger partial charge in [0.05, 0.1) is 17.2 Å². The second kappa shape index (κ2) is 7.87. The number of hydrazone groups is 1. The fraction of sp³-hybridized carbons (Fsp3) is 0.176. The maximum absolute atomic E-state index is 12.0. The maximum atomic E-state index is 12.0. The van der Waals surface area contributed by atoms with Gasteiger partial charge in [-0.3, -0.25) is 14.9 Å². The first-order chi connectivity index (χ1) is 11.5. The zero-order valence-electron chi connectivity index (χ0n) is 13.4. The quantitative estimate of drug-likeness (QED) is 0.501. The van der Waals surface area contributed by atoms with Crippen LogP contribution in [0.15, 0.2) is 53.6 Å². The summed E-state index contributed by atoms with van der Waals surface area (Å²) in [6.07, 6.45) is 0. The van der Waals surface area contributed by atoms with Gasteiger partial charge in [-0.25, -0.2) is 5.43 Å². The molecule has 0 spiro atoms. The number of benzene rings is 2. The highest BCUT2D eigenvalue weighted by Gasteiger charge is 2.07. The fourth-order valence-corrected chi connectivity index (χ4v) is 1.96. The molecule has 0 unspecified atom stereocenters. The van der Waals surface area contributed by atoms with Crippen molar-refractivity contribution in [2.75, 3.05) is 6.61 Å². The minimum atomic E-state index is -0.468. The molecule has 0 aliphatic rings. The molecule has 0 aliphatic heterocycles. The highest BCUT2D eigenvalue weighted by Crippen LogP contribution is 2.13. The van der Waals surface area contributed by atoms with E-state index < -0.39 is 4.92 Å². The lowest BCUT2D eigenvalue weighted by atomic mass is 10.1. The molecule has 2 aromatic rings.